The van der Waals surface area contributed by atoms with Crippen LogP contribution in [0.3, 0.4) is 0 Å². The number of hydrogen-bond donors (Lipinski definition) is 1. The highest BCUT2D eigenvalue weighted by Gasteiger charge is 2.07. The number of aliphatic hydroxyl groups is 1. The van der Waals surface area contributed by atoms with Crippen molar-refractivity contribution in [3.05, 3.63) is 41.4 Å². The summed E-state index contributed by atoms with van der Waals surface area (Å²) in [6.45, 7) is 5.47. The summed E-state index contributed by atoms with van der Waals surface area (Å²) in [7, 11) is 0. The summed E-state index contributed by atoms with van der Waals surface area (Å²) in [5, 5.41) is 9.87. The van der Waals surface area contributed by atoms with Crippen molar-refractivity contribution in [2.75, 3.05) is 6.61 Å². The summed E-state index contributed by atoms with van der Waals surface area (Å²) in [6, 6.07) is 7.31. The molecule has 0 fully saturated rings. The van der Waals surface area contributed by atoms with Crippen LogP contribution in [0.1, 0.15) is 18.6 Å². The van der Waals surface area contributed by atoms with Crippen LogP contribution in [0.5, 0.6) is 5.75 Å². The average molecular weight is 213 g/mol. The molecule has 0 amide bonds. The molecule has 0 spiro atoms. The second kappa shape index (κ2) is 5.03. The molecule has 0 aliphatic carbocycles. The minimum Gasteiger partial charge on any atom is -0.488 e. The Morgan fingerprint density at radius 3 is 2.79 bits per heavy atom. The highest BCUT2D eigenvalue weighted by atomic mass is 35.5. The number of benzene rings is 1. The summed E-state index contributed by atoms with van der Waals surface area (Å²) in [6.07, 6.45) is -0.546. The van der Waals surface area contributed by atoms with Crippen molar-refractivity contribution in [2.45, 2.75) is 13.0 Å². The highest BCUT2D eigenvalue weighted by Crippen LogP contribution is 2.24. The van der Waals surface area contributed by atoms with Crippen LogP contribution in [0.15, 0.2) is 35.9 Å². The van der Waals surface area contributed by atoms with Gasteiger partial charge in [-0.3, -0.25) is 0 Å². The molecule has 1 aromatic rings. The van der Waals surface area contributed by atoms with Gasteiger partial charge in [0.25, 0.3) is 0 Å². The van der Waals surface area contributed by atoms with Gasteiger partial charge in [0, 0.05) is 10.6 Å². The Balaban J connectivity index is 2.79. The molecule has 0 radical (unpaired) electrons. The number of halogens is 1. The Morgan fingerprint density at radius 1 is 1.57 bits per heavy atom. The maximum atomic E-state index is 9.43. The summed E-state index contributed by atoms with van der Waals surface area (Å²) in [5.41, 5.74) is 0.755. The smallest absolute Gasteiger partial charge is 0.125 e. The lowest BCUT2D eigenvalue weighted by molar-refractivity contribution is 0.193. The van der Waals surface area contributed by atoms with E-state index < -0.39 is 6.10 Å². The van der Waals surface area contributed by atoms with E-state index in [9.17, 15) is 5.11 Å². The monoisotopic (exact) mass is 212 g/mol. The molecule has 0 heterocycles. The van der Waals surface area contributed by atoms with Gasteiger partial charge in [-0.05, 0) is 13.0 Å². The van der Waals surface area contributed by atoms with Gasteiger partial charge in [-0.2, -0.15) is 0 Å². The van der Waals surface area contributed by atoms with Gasteiger partial charge >= 0.3 is 0 Å². The summed E-state index contributed by atoms with van der Waals surface area (Å²) in [4.78, 5) is 0. The predicted octanol–water partition coefficient (Wildman–Crippen LogP) is 2.87. The average Bonchev–Trinajstić information content (AvgIpc) is 2.15. The van der Waals surface area contributed by atoms with E-state index >= 15 is 0 Å². The molecule has 0 saturated heterocycles. The van der Waals surface area contributed by atoms with E-state index in [1.165, 1.54) is 0 Å². The molecule has 1 N–H and O–H groups in total. The van der Waals surface area contributed by atoms with Gasteiger partial charge < -0.3 is 9.84 Å². The third-order valence-electron chi connectivity index (χ3n) is 1.75. The Labute approximate surface area is 88.8 Å². The number of hydrogen-bond acceptors (Lipinski definition) is 2. The lowest BCUT2D eigenvalue weighted by atomic mass is 10.1. The van der Waals surface area contributed by atoms with Crippen LogP contribution in [0.25, 0.3) is 0 Å². The van der Waals surface area contributed by atoms with Gasteiger partial charge in [0.05, 0.1) is 6.10 Å². The van der Waals surface area contributed by atoms with Crippen LogP contribution in [-0.4, -0.2) is 11.7 Å². The molecular weight excluding hydrogens is 200 g/mol. The van der Waals surface area contributed by atoms with Crippen LogP contribution >= 0.6 is 11.6 Å². The standard InChI is InChI=1S/C11H13ClO2/c1-8(12)7-14-11-6-4-3-5-10(11)9(2)13/h3-6,9,13H,1,7H2,2H3/t9-/m1/s1. The lowest BCUT2D eigenvalue weighted by Crippen LogP contribution is -2.01. The Bertz CT molecular complexity index is 321. The van der Waals surface area contributed by atoms with Crippen LogP contribution in [0, 0.1) is 0 Å². The largest absolute Gasteiger partial charge is 0.488 e. The first-order valence-electron chi connectivity index (χ1n) is 4.34. The third-order valence-corrected chi connectivity index (χ3v) is 1.86. The summed E-state index contributed by atoms with van der Waals surface area (Å²) >= 11 is 5.58. The molecule has 1 rings (SSSR count). The zero-order valence-electron chi connectivity index (χ0n) is 8.03. The molecule has 1 atom stereocenters. The zero-order chi connectivity index (χ0) is 10.6. The van der Waals surface area contributed by atoms with E-state index in [-0.39, 0.29) is 6.61 Å². The molecule has 1 aromatic carbocycles. The van der Waals surface area contributed by atoms with E-state index in [2.05, 4.69) is 6.58 Å². The molecule has 0 aliphatic rings. The first-order chi connectivity index (χ1) is 6.61. The minimum absolute atomic E-state index is 0.255. The van der Waals surface area contributed by atoms with Crippen molar-refractivity contribution in [3.8, 4) is 5.75 Å². The highest BCUT2D eigenvalue weighted by molar-refractivity contribution is 6.29. The topological polar surface area (TPSA) is 29.5 Å². The van der Waals surface area contributed by atoms with Crippen molar-refractivity contribution in [1.29, 1.82) is 0 Å². The second-order valence-corrected chi connectivity index (χ2v) is 3.55. The van der Waals surface area contributed by atoms with Crippen molar-refractivity contribution < 1.29 is 9.84 Å². The summed E-state index contributed by atoms with van der Waals surface area (Å²) < 4.78 is 5.37. The molecule has 3 heteroatoms. The predicted molar refractivity (Wildman–Crippen MR) is 57.6 cm³/mol. The molecule has 76 valence electrons. The van der Waals surface area contributed by atoms with E-state index in [1.807, 2.05) is 18.2 Å². The number of aliphatic hydroxyl groups excluding tert-OH is 1. The molecule has 0 saturated carbocycles. The van der Waals surface area contributed by atoms with Gasteiger partial charge in [0.15, 0.2) is 0 Å². The van der Waals surface area contributed by atoms with Gasteiger partial charge in [0.2, 0.25) is 0 Å². The quantitative estimate of drug-likeness (QED) is 0.832. The van der Waals surface area contributed by atoms with E-state index in [4.69, 9.17) is 16.3 Å². The maximum Gasteiger partial charge on any atom is 0.125 e. The Kier molecular flexibility index (Phi) is 3.98. The minimum atomic E-state index is -0.546. The molecule has 0 unspecified atom stereocenters. The van der Waals surface area contributed by atoms with Crippen molar-refractivity contribution in [1.82, 2.24) is 0 Å². The fraction of sp³-hybridized carbons (Fsp3) is 0.273. The van der Waals surface area contributed by atoms with Gasteiger partial charge in [-0.25, -0.2) is 0 Å². The zero-order valence-corrected chi connectivity index (χ0v) is 8.79. The molecule has 14 heavy (non-hydrogen) atoms. The van der Waals surface area contributed by atoms with Gasteiger partial charge in [0.1, 0.15) is 12.4 Å². The third kappa shape index (κ3) is 3.05. The molecule has 0 bridgehead atoms. The van der Waals surface area contributed by atoms with Crippen molar-refractivity contribution >= 4 is 11.6 Å². The second-order valence-electron chi connectivity index (χ2n) is 3.02. The fourth-order valence-corrected chi connectivity index (χ4v) is 1.17. The molecular formula is C11H13ClO2. The number of ether oxygens (including phenoxy) is 1. The van der Waals surface area contributed by atoms with E-state index in [1.54, 1.807) is 13.0 Å². The Morgan fingerprint density at radius 2 is 2.21 bits per heavy atom. The summed E-state index contributed by atoms with van der Waals surface area (Å²) in [5.74, 6) is 0.643. The van der Waals surface area contributed by atoms with E-state index in [0.717, 1.165) is 5.56 Å². The Hall–Kier alpha value is -0.990. The molecule has 0 aromatic heterocycles. The fourth-order valence-electron chi connectivity index (χ4n) is 1.11. The van der Waals surface area contributed by atoms with E-state index in [0.29, 0.717) is 10.8 Å². The normalized spacial score (nSPS) is 12.2. The first-order valence-corrected chi connectivity index (χ1v) is 4.72. The van der Waals surface area contributed by atoms with Crippen LogP contribution in [0.2, 0.25) is 0 Å². The maximum absolute atomic E-state index is 9.43. The lowest BCUT2D eigenvalue weighted by Gasteiger charge is -2.12. The van der Waals surface area contributed by atoms with Crippen LogP contribution < -0.4 is 4.74 Å². The molecule has 2 nitrogen and oxygen atoms in total. The number of rotatable bonds is 4. The first kappa shape index (κ1) is 11.1. The SMILES string of the molecule is C=C(Cl)COc1ccccc1[C@@H](C)O. The molecule has 0 aliphatic heterocycles. The van der Waals surface area contributed by atoms with Crippen molar-refractivity contribution in [2.24, 2.45) is 0 Å². The van der Waals surface area contributed by atoms with Crippen LogP contribution in [-0.2, 0) is 0 Å². The van der Waals surface area contributed by atoms with Crippen LogP contribution in [0.4, 0.5) is 0 Å². The number of para-hydroxylation sites is 1. The van der Waals surface area contributed by atoms with Crippen molar-refractivity contribution in [3.63, 3.8) is 0 Å². The van der Waals surface area contributed by atoms with Gasteiger partial charge in [-0.1, -0.05) is 36.4 Å². The van der Waals surface area contributed by atoms with Gasteiger partial charge in [-0.15, -0.1) is 0 Å².